The number of hydrogen-bond acceptors (Lipinski definition) is 4. The van der Waals surface area contributed by atoms with E-state index in [0.717, 1.165) is 5.69 Å². The van der Waals surface area contributed by atoms with Gasteiger partial charge in [-0.05, 0) is 18.2 Å². The van der Waals surface area contributed by atoms with Crippen LogP contribution in [0.25, 0.3) is 0 Å². The van der Waals surface area contributed by atoms with E-state index >= 15 is 0 Å². The van der Waals surface area contributed by atoms with Gasteiger partial charge in [0, 0.05) is 25.9 Å². The Bertz CT molecular complexity index is 591. The van der Waals surface area contributed by atoms with Gasteiger partial charge < -0.3 is 15.2 Å². The first-order valence-corrected chi connectivity index (χ1v) is 7.00. The second kappa shape index (κ2) is 7.28. The first-order valence-electron chi connectivity index (χ1n) is 6.47. The largest absolute Gasteiger partial charge is 0.485 e. The summed E-state index contributed by atoms with van der Waals surface area (Å²) in [5.41, 5.74) is 1.37. The highest BCUT2D eigenvalue weighted by Crippen LogP contribution is 2.26. The molecule has 0 bridgehead atoms. The van der Waals surface area contributed by atoms with E-state index in [0.29, 0.717) is 18.0 Å². The van der Waals surface area contributed by atoms with Crippen molar-refractivity contribution in [2.45, 2.75) is 12.7 Å². The predicted octanol–water partition coefficient (Wildman–Crippen LogP) is 2.15. The summed E-state index contributed by atoms with van der Waals surface area (Å²) in [6.45, 7) is 0.532. The molecule has 2 aromatic rings. The number of aliphatic hydroxyl groups excluding tert-OH is 1. The van der Waals surface area contributed by atoms with Crippen molar-refractivity contribution in [3.05, 3.63) is 42.0 Å². The van der Waals surface area contributed by atoms with Crippen molar-refractivity contribution in [2.75, 3.05) is 17.7 Å². The molecule has 0 fully saturated rings. The number of alkyl halides is 1. The number of nitrogens with zero attached hydrogens (tertiary/aromatic N) is 2. The van der Waals surface area contributed by atoms with Gasteiger partial charge >= 0.3 is 0 Å². The van der Waals surface area contributed by atoms with Crippen LogP contribution in [0.1, 0.15) is 5.69 Å². The van der Waals surface area contributed by atoms with E-state index in [9.17, 15) is 9.50 Å². The lowest BCUT2D eigenvalue weighted by Gasteiger charge is -2.15. The van der Waals surface area contributed by atoms with Gasteiger partial charge in [0.1, 0.15) is 18.2 Å². The Morgan fingerprint density at radius 3 is 2.95 bits per heavy atom. The lowest BCUT2D eigenvalue weighted by molar-refractivity contribution is 0.211. The van der Waals surface area contributed by atoms with Crippen molar-refractivity contribution in [2.24, 2.45) is 7.05 Å². The molecule has 0 amide bonds. The number of ether oxygens (including phenoxy) is 1. The molecule has 0 aliphatic heterocycles. The summed E-state index contributed by atoms with van der Waals surface area (Å²) in [5, 5.41) is 16.4. The quantitative estimate of drug-likeness (QED) is 0.769. The molecule has 0 spiro atoms. The number of rotatable bonds is 7. The van der Waals surface area contributed by atoms with Gasteiger partial charge in [-0.25, -0.2) is 4.39 Å². The Kier molecular flexibility index (Phi) is 5.41. The molecule has 1 atom stereocenters. The normalized spacial score (nSPS) is 12.2. The molecular formula is C14H17ClFN3O2. The molecule has 1 heterocycles. The monoisotopic (exact) mass is 313 g/mol. The van der Waals surface area contributed by atoms with E-state index in [1.807, 2.05) is 13.1 Å². The molecule has 0 aliphatic carbocycles. The maximum absolute atomic E-state index is 13.3. The van der Waals surface area contributed by atoms with Gasteiger partial charge in [-0.3, -0.25) is 4.68 Å². The van der Waals surface area contributed by atoms with Crippen LogP contribution in [0.3, 0.4) is 0 Å². The van der Waals surface area contributed by atoms with E-state index < -0.39 is 6.10 Å². The minimum Gasteiger partial charge on any atom is -0.485 e. The lowest BCUT2D eigenvalue weighted by atomic mass is 10.2. The highest BCUT2D eigenvalue weighted by molar-refractivity contribution is 6.18. The Hall–Kier alpha value is -1.79. The van der Waals surface area contributed by atoms with Gasteiger partial charge in [0.2, 0.25) is 0 Å². The zero-order chi connectivity index (χ0) is 15.2. The summed E-state index contributed by atoms with van der Waals surface area (Å²) in [6, 6.07) is 6.02. The molecule has 21 heavy (non-hydrogen) atoms. The van der Waals surface area contributed by atoms with Gasteiger partial charge in [0.25, 0.3) is 0 Å². The third kappa shape index (κ3) is 4.34. The summed E-state index contributed by atoms with van der Waals surface area (Å²) < 4.78 is 20.7. The Balaban J connectivity index is 2.05. The van der Waals surface area contributed by atoms with Gasteiger partial charge in [0.15, 0.2) is 0 Å². The highest BCUT2D eigenvalue weighted by atomic mass is 35.5. The zero-order valence-corrected chi connectivity index (χ0v) is 12.3. The van der Waals surface area contributed by atoms with Crippen molar-refractivity contribution < 1.29 is 14.2 Å². The third-order valence-corrected chi connectivity index (χ3v) is 3.30. The molecule has 2 N–H and O–H groups in total. The second-order valence-corrected chi connectivity index (χ2v) is 4.87. The number of aromatic nitrogens is 2. The molecule has 5 nitrogen and oxygen atoms in total. The summed E-state index contributed by atoms with van der Waals surface area (Å²) in [4.78, 5) is 0. The topological polar surface area (TPSA) is 59.3 Å². The fraction of sp³-hybridized carbons (Fsp3) is 0.357. The standard InChI is InChI=1S/C14H17ClFN3O2/c1-19-11(4-5-18-19)9-21-14-3-2-10(16)6-13(14)17-8-12(20)7-15/h2-6,12,17,20H,7-9H2,1H3. The van der Waals surface area contributed by atoms with Gasteiger partial charge in [-0.2, -0.15) is 5.10 Å². The number of nitrogens with one attached hydrogen (secondary N) is 1. The van der Waals surface area contributed by atoms with Crippen LogP contribution in [0, 0.1) is 5.82 Å². The molecule has 0 aliphatic rings. The van der Waals surface area contributed by atoms with Gasteiger partial charge in [0.05, 0.1) is 23.4 Å². The summed E-state index contributed by atoms with van der Waals surface area (Å²) >= 11 is 5.53. The number of anilines is 1. The van der Waals surface area contributed by atoms with Crippen molar-refractivity contribution in [3.8, 4) is 5.75 Å². The Morgan fingerprint density at radius 2 is 2.29 bits per heavy atom. The molecule has 0 radical (unpaired) electrons. The molecule has 7 heteroatoms. The van der Waals surface area contributed by atoms with Crippen LogP contribution in [-0.4, -0.2) is 33.4 Å². The summed E-state index contributed by atoms with van der Waals surface area (Å²) in [5.74, 6) is 0.221. The molecular weight excluding hydrogens is 297 g/mol. The molecule has 0 saturated heterocycles. The van der Waals surface area contributed by atoms with E-state index in [-0.39, 0.29) is 18.2 Å². The maximum atomic E-state index is 13.3. The first kappa shape index (κ1) is 15.6. The van der Waals surface area contributed by atoms with Crippen molar-refractivity contribution in [1.29, 1.82) is 0 Å². The second-order valence-electron chi connectivity index (χ2n) is 4.56. The highest BCUT2D eigenvalue weighted by Gasteiger charge is 2.09. The van der Waals surface area contributed by atoms with Crippen LogP contribution < -0.4 is 10.1 Å². The van der Waals surface area contributed by atoms with E-state index in [2.05, 4.69) is 10.4 Å². The fourth-order valence-corrected chi connectivity index (χ4v) is 1.85. The number of aryl methyl sites for hydroxylation is 1. The van der Waals surface area contributed by atoms with Crippen LogP contribution in [0.15, 0.2) is 30.5 Å². The fourth-order valence-electron chi connectivity index (χ4n) is 1.74. The van der Waals surface area contributed by atoms with Crippen LogP contribution in [-0.2, 0) is 13.7 Å². The number of hydrogen-bond donors (Lipinski definition) is 2. The van der Waals surface area contributed by atoms with Crippen molar-refractivity contribution >= 4 is 17.3 Å². The lowest BCUT2D eigenvalue weighted by Crippen LogP contribution is -2.21. The predicted molar refractivity (Wildman–Crippen MR) is 79.2 cm³/mol. The minimum atomic E-state index is -0.708. The zero-order valence-electron chi connectivity index (χ0n) is 11.6. The maximum Gasteiger partial charge on any atom is 0.143 e. The van der Waals surface area contributed by atoms with Crippen LogP contribution >= 0.6 is 11.6 Å². The van der Waals surface area contributed by atoms with Crippen molar-refractivity contribution in [1.82, 2.24) is 9.78 Å². The number of aliphatic hydroxyl groups is 1. The minimum absolute atomic E-state index is 0.105. The smallest absolute Gasteiger partial charge is 0.143 e. The summed E-state index contributed by atoms with van der Waals surface area (Å²) in [6.07, 6.45) is 0.971. The molecule has 1 aromatic heterocycles. The van der Waals surface area contributed by atoms with Crippen LogP contribution in [0.5, 0.6) is 5.75 Å². The molecule has 114 valence electrons. The average molecular weight is 314 g/mol. The molecule has 1 aromatic carbocycles. The molecule has 1 unspecified atom stereocenters. The van der Waals surface area contributed by atoms with Gasteiger partial charge in [-0.1, -0.05) is 0 Å². The average Bonchev–Trinajstić information content (AvgIpc) is 2.89. The Labute approximate surface area is 127 Å². The van der Waals surface area contributed by atoms with Crippen molar-refractivity contribution in [3.63, 3.8) is 0 Å². The van der Waals surface area contributed by atoms with Crippen LogP contribution in [0.2, 0.25) is 0 Å². The molecule has 0 saturated carbocycles. The first-order chi connectivity index (χ1) is 10.1. The number of halogens is 2. The number of benzene rings is 1. The van der Waals surface area contributed by atoms with E-state index in [1.165, 1.54) is 12.1 Å². The third-order valence-electron chi connectivity index (χ3n) is 2.95. The summed E-state index contributed by atoms with van der Waals surface area (Å²) in [7, 11) is 1.82. The molecule has 2 rings (SSSR count). The van der Waals surface area contributed by atoms with E-state index in [4.69, 9.17) is 16.3 Å². The Morgan fingerprint density at radius 1 is 1.48 bits per heavy atom. The van der Waals surface area contributed by atoms with E-state index in [1.54, 1.807) is 16.9 Å². The SMILES string of the molecule is Cn1nccc1COc1ccc(F)cc1NCC(O)CCl. The van der Waals surface area contributed by atoms with Crippen LogP contribution in [0.4, 0.5) is 10.1 Å². The van der Waals surface area contributed by atoms with Gasteiger partial charge in [-0.15, -0.1) is 11.6 Å².